The fraction of sp³-hybridized carbons (Fsp3) is 0.250. The number of ether oxygens (including phenoxy) is 4. The molecule has 0 N–H and O–H groups in total. The molecule has 0 heterocycles. The molecule has 26 heavy (non-hydrogen) atoms. The number of hydrogen-bond donors (Lipinski definition) is 0. The number of carbonyl (C=O) groups is 1. The van der Waals surface area contributed by atoms with Crippen LogP contribution in [-0.2, 0) is 0 Å². The van der Waals surface area contributed by atoms with Gasteiger partial charge in [0, 0.05) is 0 Å². The molecule has 2 aromatic rings. The Labute approximate surface area is 161 Å². The molecule has 0 spiro atoms. The summed E-state index contributed by atoms with van der Waals surface area (Å²) >= 11 is 3.46. The minimum absolute atomic E-state index is 0.189. The summed E-state index contributed by atoms with van der Waals surface area (Å²) in [6.45, 7) is 2.41. The first-order valence-electron chi connectivity index (χ1n) is 7.98. The number of rotatable bonds is 8. The Hall–Kier alpha value is -2.47. The molecule has 0 aliphatic carbocycles. The van der Waals surface area contributed by atoms with Crippen molar-refractivity contribution in [2.75, 3.05) is 27.9 Å². The lowest BCUT2D eigenvalue weighted by Gasteiger charge is -2.12. The van der Waals surface area contributed by atoms with Crippen molar-refractivity contribution in [2.24, 2.45) is 0 Å². The monoisotopic (exact) mass is 420 g/mol. The Morgan fingerprint density at radius 3 is 2.42 bits per heavy atom. The Balaban J connectivity index is 2.33. The van der Waals surface area contributed by atoms with Gasteiger partial charge in [-0.2, -0.15) is 0 Å². The zero-order chi connectivity index (χ0) is 19.1. The van der Waals surface area contributed by atoms with Crippen molar-refractivity contribution in [3.63, 3.8) is 0 Å². The number of allylic oxidation sites excluding steroid dienone is 1. The van der Waals surface area contributed by atoms with E-state index in [9.17, 15) is 4.79 Å². The van der Waals surface area contributed by atoms with Crippen LogP contribution in [0.1, 0.15) is 22.8 Å². The average Bonchev–Trinajstić information content (AvgIpc) is 2.65. The van der Waals surface area contributed by atoms with E-state index >= 15 is 0 Å². The second-order valence-electron chi connectivity index (χ2n) is 5.23. The van der Waals surface area contributed by atoms with Crippen LogP contribution in [0.5, 0.6) is 23.0 Å². The molecule has 0 unspecified atom stereocenters. The van der Waals surface area contributed by atoms with Crippen molar-refractivity contribution in [3.8, 4) is 23.0 Å². The lowest BCUT2D eigenvalue weighted by Crippen LogP contribution is -2.00. The molecule has 0 amide bonds. The maximum atomic E-state index is 12.6. The molecule has 0 radical (unpaired) electrons. The number of ketones is 1. The number of halogens is 1. The summed E-state index contributed by atoms with van der Waals surface area (Å²) in [5.74, 6) is 2.12. The van der Waals surface area contributed by atoms with Crippen LogP contribution in [0.4, 0.5) is 0 Å². The van der Waals surface area contributed by atoms with Gasteiger partial charge < -0.3 is 18.9 Å². The van der Waals surface area contributed by atoms with E-state index < -0.39 is 0 Å². The Kier molecular flexibility index (Phi) is 7.09. The van der Waals surface area contributed by atoms with Crippen molar-refractivity contribution >= 4 is 27.8 Å². The molecule has 6 heteroatoms. The van der Waals surface area contributed by atoms with Gasteiger partial charge in [0.05, 0.1) is 38.0 Å². The number of hydrogen-bond acceptors (Lipinski definition) is 5. The Morgan fingerprint density at radius 2 is 1.81 bits per heavy atom. The largest absolute Gasteiger partial charge is 0.497 e. The normalized spacial score (nSPS) is 10.7. The first-order valence-corrected chi connectivity index (χ1v) is 8.78. The number of methoxy groups -OCH3 is 3. The maximum Gasteiger partial charge on any atom is 0.189 e. The SMILES string of the molecule is CCOc1cc(/C=C/C(=O)c2cc(OC)ccc2OC)cc(Br)c1OC. The minimum atomic E-state index is -0.189. The van der Waals surface area contributed by atoms with Gasteiger partial charge in [-0.15, -0.1) is 0 Å². The quantitative estimate of drug-likeness (QED) is 0.454. The van der Waals surface area contributed by atoms with E-state index in [2.05, 4.69) is 15.9 Å². The van der Waals surface area contributed by atoms with Crippen molar-refractivity contribution in [3.05, 3.63) is 52.0 Å². The Bertz CT molecular complexity index is 814. The molecular weight excluding hydrogens is 400 g/mol. The standard InChI is InChI=1S/C20H21BrO5/c1-5-26-19-11-13(10-16(21)20(19)25-4)6-8-17(22)15-12-14(23-2)7-9-18(15)24-3/h6-12H,5H2,1-4H3/b8-6+. The summed E-state index contributed by atoms with van der Waals surface area (Å²) in [6, 6.07) is 8.78. The summed E-state index contributed by atoms with van der Waals surface area (Å²) < 4.78 is 22.1. The maximum absolute atomic E-state index is 12.6. The highest BCUT2D eigenvalue weighted by Crippen LogP contribution is 2.37. The van der Waals surface area contributed by atoms with Crippen LogP contribution in [0.3, 0.4) is 0 Å². The van der Waals surface area contributed by atoms with E-state index in [0.29, 0.717) is 35.2 Å². The van der Waals surface area contributed by atoms with Gasteiger partial charge >= 0.3 is 0 Å². The summed E-state index contributed by atoms with van der Waals surface area (Å²) in [5.41, 5.74) is 1.23. The molecule has 5 nitrogen and oxygen atoms in total. The molecule has 2 rings (SSSR count). The molecule has 2 aromatic carbocycles. The van der Waals surface area contributed by atoms with Crippen molar-refractivity contribution in [1.29, 1.82) is 0 Å². The lowest BCUT2D eigenvalue weighted by atomic mass is 10.1. The van der Waals surface area contributed by atoms with Gasteiger partial charge in [0.15, 0.2) is 17.3 Å². The summed E-state index contributed by atoms with van der Waals surface area (Å²) in [5, 5.41) is 0. The van der Waals surface area contributed by atoms with Crippen molar-refractivity contribution in [1.82, 2.24) is 0 Å². The minimum Gasteiger partial charge on any atom is -0.497 e. The third-order valence-corrected chi connectivity index (χ3v) is 4.22. The fourth-order valence-corrected chi connectivity index (χ4v) is 3.04. The van der Waals surface area contributed by atoms with Crippen LogP contribution in [0.25, 0.3) is 6.08 Å². The molecule has 0 fully saturated rings. The third kappa shape index (κ3) is 4.58. The van der Waals surface area contributed by atoms with Gasteiger partial charge in [0.1, 0.15) is 11.5 Å². The van der Waals surface area contributed by atoms with Gasteiger partial charge in [-0.25, -0.2) is 0 Å². The summed E-state index contributed by atoms with van der Waals surface area (Å²) in [4.78, 5) is 12.6. The van der Waals surface area contributed by atoms with Crippen molar-refractivity contribution < 1.29 is 23.7 Å². The van der Waals surface area contributed by atoms with E-state index in [4.69, 9.17) is 18.9 Å². The fourth-order valence-electron chi connectivity index (χ4n) is 2.41. The summed E-state index contributed by atoms with van der Waals surface area (Å²) in [7, 11) is 4.66. The predicted octanol–water partition coefficient (Wildman–Crippen LogP) is 4.77. The zero-order valence-electron chi connectivity index (χ0n) is 15.2. The first-order chi connectivity index (χ1) is 12.5. The molecule has 0 bridgehead atoms. The Morgan fingerprint density at radius 1 is 1.04 bits per heavy atom. The number of carbonyl (C=O) groups excluding carboxylic acids is 1. The predicted molar refractivity (Wildman–Crippen MR) is 105 cm³/mol. The number of benzene rings is 2. The van der Waals surface area contributed by atoms with Crippen LogP contribution in [0.2, 0.25) is 0 Å². The van der Waals surface area contributed by atoms with Crippen molar-refractivity contribution in [2.45, 2.75) is 6.92 Å². The molecule has 0 aliphatic rings. The second-order valence-corrected chi connectivity index (χ2v) is 6.09. The van der Waals surface area contributed by atoms with Crippen LogP contribution < -0.4 is 18.9 Å². The molecule has 0 saturated carbocycles. The lowest BCUT2D eigenvalue weighted by molar-refractivity contribution is 0.104. The van der Waals surface area contributed by atoms with Crippen LogP contribution in [-0.4, -0.2) is 33.7 Å². The van der Waals surface area contributed by atoms with Gasteiger partial charge in [-0.05, 0) is 64.8 Å². The van der Waals surface area contributed by atoms with Gasteiger partial charge in [-0.1, -0.05) is 6.08 Å². The smallest absolute Gasteiger partial charge is 0.189 e. The zero-order valence-corrected chi connectivity index (χ0v) is 16.8. The summed E-state index contributed by atoms with van der Waals surface area (Å²) in [6.07, 6.45) is 3.20. The second kappa shape index (κ2) is 9.29. The molecule has 138 valence electrons. The van der Waals surface area contributed by atoms with Crippen LogP contribution >= 0.6 is 15.9 Å². The van der Waals surface area contributed by atoms with E-state index in [0.717, 1.165) is 10.0 Å². The molecule has 0 aliphatic heterocycles. The van der Waals surface area contributed by atoms with Gasteiger partial charge in [0.2, 0.25) is 0 Å². The van der Waals surface area contributed by atoms with E-state index in [-0.39, 0.29) is 5.78 Å². The van der Waals surface area contributed by atoms with E-state index in [1.807, 2.05) is 19.1 Å². The third-order valence-electron chi connectivity index (χ3n) is 3.64. The topological polar surface area (TPSA) is 54.0 Å². The highest BCUT2D eigenvalue weighted by atomic mass is 79.9. The molecule has 0 aromatic heterocycles. The van der Waals surface area contributed by atoms with Gasteiger partial charge in [0.25, 0.3) is 0 Å². The van der Waals surface area contributed by atoms with Gasteiger partial charge in [-0.3, -0.25) is 4.79 Å². The van der Waals surface area contributed by atoms with E-state index in [1.165, 1.54) is 13.2 Å². The van der Waals surface area contributed by atoms with E-state index in [1.54, 1.807) is 38.5 Å². The van der Waals surface area contributed by atoms with Crippen LogP contribution in [0.15, 0.2) is 40.9 Å². The van der Waals surface area contributed by atoms with Crippen LogP contribution in [0, 0.1) is 0 Å². The molecule has 0 atom stereocenters. The molecule has 0 saturated heterocycles. The average molecular weight is 421 g/mol. The highest BCUT2D eigenvalue weighted by Gasteiger charge is 2.13. The molecular formula is C20H21BrO5. The highest BCUT2D eigenvalue weighted by molar-refractivity contribution is 9.10. The first kappa shape index (κ1) is 19.8.